The molecule has 0 aromatic heterocycles. The first kappa shape index (κ1) is 15.1. The number of benzene rings is 2. The third-order valence-electron chi connectivity index (χ3n) is 3.00. The number of sulfone groups is 1. The Morgan fingerprint density at radius 1 is 1.10 bits per heavy atom. The monoisotopic (exact) mass is 353 g/mol. The van der Waals surface area contributed by atoms with Crippen LogP contribution in [0.3, 0.4) is 0 Å². The number of halogens is 1. The lowest BCUT2D eigenvalue weighted by Gasteiger charge is -2.08. The Bertz CT molecular complexity index is 709. The zero-order valence-corrected chi connectivity index (χ0v) is 13.8. The van der Waals surface area contributed by atoms with Crippen LogP contribution in [0.5, 0.6) is 0 Å². The maximum absolute atomic E-state index is 11.4. The van der Waals surface area contributed by atoms with E-state index < -0.39 is 9.84 Å². The molecule has 0 aliphatic rings. The standard InChI is InChI=1S/C15H16BrNO2S/c1-11-9-12(3-8-15(11)16)10-17-13-4-6-14(7-5-13)20(2,18)19/h3-9,17H,10H2,1-2H3. The smallest absolute Gasteiger partial charge is 0.175 e. The highest BCUT2D eigenvalue weighted by atomic mass is 79.9. The van der Waals surface area contributed by atoms with Gasteiger partial charge in [-0.05, 0) is 48.4 Å². The Morgan fingerprint density at radius 3 is 2.30 bits per heavy atom. The van der Waals surface area contributed by atoms with Crippen LogP contribution in [0.15, 0.2) is 51.8 Å². The van der Waals surface area contributed by atoms with Gasteiger partial charge in [-0.15, -0.1) is 0 Å². The third kappa shape index (κ3) is 3.84. The highest BCUT2D eigenvalue weighted by Crippen LogP contribution is 2.19. The molecule has 1 N–H and O–H groups in total. The lowest BCUT2D eigenvalue weighted by molar-refractivity contribution is 0.602. The van der Waals surface area contributed by atoms with Gasteiger partial charge >= 0.3 is 0 Å². The lowest BCUT2D eigenvalue weighted by Crippen LogP contribution is -2.01. The summed E-state index contributed by atoms with van der Waals surface area (Å²) in [5.74, 6) is 0. The van der Waals surface area contributed by atoms with Gasteiger partial charge in [0.2, 0.25) is 0 Å². The highest BCUT2D eigenvalue weighted by molar-refractivity contribution is 9.10. The number of hydrogen-bond acceptors (Lipinski definition) is 3. The van der Waals surface area contributed by atoms with Crippen molar-refractivity contribution >= 4 is 31.5 Å². The summed E-state index contributed by atoms with van der Waals surface area (Å²) in [6.07, 6.45) is 1.21. The average Bonchev–Trinajstić information content (AvgIpc) is 2.40. The van der Waals surface area contributed by atoms with Crippen LogP contribution in [-0.2, 0) is 16.4 Å². The molecule has 106 valence electrons. The van der Waals surface area contributed by atoms with Crippen LogP contribution in [0.1, 0.15) is 11.1 Å². The second kappa shape index (κ2) is 5.97. The van der Waals surface area contributed by atoms with E-state index >= 15 is 0 Å². The Balaban J connectivity index is 2.06. The van der Waals surface area contributed by atoms with Crippen molar-refractivity contribution in [3.8, 4) is 0 Å². The molecule has 5 heteroatoms. The zero-order valence-electron chi connectivity index (χ0n) is 11.4. The molecule has 2 rings (SSSR count). The summed E-state index contributed by atoms with van der Waals surface area (Å²) in [6, 6.07) is 13.0. The fourth-order valence-corrected chi connectivity index (χ4v) is 2.72. The van der Waals surface area contributed by atoms with Crippen molar-refractivity contribution in [2.75, 3.05) is 11.6 Å². The van der Waals surface area contributed by atoms with E-state index in [9.17, 15) is 8.42 Å². The van der Waals surface area contributed by atoms with E-state index in [-0.39, 0.29) is 0 Å². The fourth-order valence-electron chi connectivity index (χ4n) is 1.84. The predicted octanol–water partition coefficient (Wildman–Crippen LogP) is 3.77. The molecule has 0 aliphatic heterocycles. The minimum atomic E-state index is -3.13. The van der Waals surface area contributed by atoms with E-state index in [0.717, 1.165) is 10.2 Å². The van der Waals surface area contributed by atoms with Crippen molar-refractivity contribution in [2.45, 2.75) is 18.4 Å². The molecule has 0 fully saturated rings. The summed E-state index contributed by atoms with van der Waals surface area (Å²) in [7, 11) is -3.13. The van der Waals surface area contributed by atoms with Gasteiger partial charge in [0.05, 0.1) is 4.90 Å². The largest absolute Gasteiger partial charge is 0.381 e. The maximum Gasteiger partial charge on any atom is 0.175 e. The van der Waals surface area contributed by atoms with Crippen LogP contribution < -0.4 is 5.32 Å². The molecule has 2 aromatic rings. The molecule has 0 saturated heterocycles. The van der Waals surface area contributed by atoms with E-state index in [0.29, 0.717) is 11.4 Å². The molecule has 0 heterocycles. The first-order valence-electron chi connectivity index (χ1n) is 6.15. The van der Waals surface area contributed by atoms with Crippen molar-refractivity contribution in [1.82, 2.24) is 0 Å². The first-order chi connectivity index (χ1) is 9.36. The summed E-state index contributed by atoms with van der Waals surface area (Å²) in [4.78, 5) is 0.336. The van der Waals surface area contributed by atoms with Gasteiger partial charge in [0, 0.05) is 23.0 Å². The van der Waals surface area contributed by atoms with E-state index in [1.165, 1.54) is 17.4 Å². The molecule has 0 unspecified atom stereocenters. The van der Waals surface area contributed by atoms with Gasteiger partial charge < -0.3 is 5.32 Å². The second-order valence-electron chi connectivity index (χ2n) is 4.73. The van der Waals surface area contributed by atoms with Crippen molar-refractivity contribution in [1.29, 1.82) is 0 Å². The first-order valence-corrected chi connectivity index (χ1v) is 8.84. The number of anilines is 1. The molecular weight excluding hydrogens is 338 g/mol. The topological polar surface area (TPSA) is 46.2 Å². The number of nitrogens with one attached hydrogen (secondary N) is 1. The van der Waals surface area contributed by atoms with E-state index in [1.54, 1.807) is 24.3 Å². The van der Waals surface area contributed by atoms with Gasteiger partial charge in [-0.1, -0.05) is 28.1 Å². The Morgan fingerprint density at radius 2 is 1.75 bits per heavy atom. The molecule has 0 spiro atoms. The van der Waals surface area contributed by atoms with Gasteiger partial charge in [-0.25, -0.2) is 8.42 Å². The summed E-state index contributed by atoms with van der Waals surface area (Å²) in [5, 5.41) is 3.28. The summed E-state index contributed by atoms with van der Waals surface area (Å²) < 4.78 is 23.8. The Hall–Kier alpha value is -1.33. The quantitative estimate of drug-likeness (QED) is 0.909. The van der Waals surface area contributed by atoms with Gasteiger partial charge in [0.25, 0.3) is 0 Å². The molecule has 0 atom stereocenters. The van der Waals surface area contributed by atoms with Gasteiger partial charge in [-0.2, -0.15) is 0 Å². The number of aryl methyl sites for hydroxylation is 1. The maximum atomic E-state index is 11.4. The number of rotatable bonds is 4. The molecule has 2 aromatic carbocycles. The highest BCUT2D eigenvalue weighted by Gasteiger charge is 2.06. The van der Waals surface area contributed by atoms with Crippen LogP contribution >= 0.6 is 15.9 Å². The summed E-state index contributed by atoms with van der Waals surface area (Å²) >= 11 is 3.47. The van der Waals surface area contributed by atoms with Crippen molar-refractivity contribution in [2.24, 2.45) is 0 Å². The summed E-state index contributed by atoms with van der Waals surface area (Å²) in [6.45, 7) is 2.75. The normalized spacial score (nSPS) is 11.3. The molecule has 3 nitrogen and oxygen atoms in total. The Kier molecular flexibility index (Phi) is 4.50. The predicted molar refractivity (Wildman–Crippen MR) is 85.8 cm³/mol. The molecule has 20 heavy (non-hydrogen) atoms. The second-order valence-corrected chi connectivity index (χ2v) is 7.60. The molecule has 0 aliphatic carbocycles. The van der Waals surface area contributed by atoms with Gasteiger partial charge in [0.15, 0.2) is 9.84 Å². The molecule has 0 radical (unpaired) electrons. The van der Waals surface area contributed by atoms with Crippen LogP contribution in [0.2, 0.25) is 0 Å². The molecular formula is C15H16BrNO2S. The SMILES string of the molecule is Cc1cc(CNc2ccc(S(C)(=O)=O)cc2)ccc1Br. The van der Waals surface area contributed by atoms with Crippen molar-refractivity contribution < 1.29 is 8.42 Å². The summed E-state index contributed by atoms with van der Waals surface area (Å²) in [5.41, 5.74) is 3.27. The minimum absolute atomic E-state index is 0.336. The molecule has 0 amide bonds. The van der Waals surface area contributed by atoms with E-state index in [1.807, 2.05) is 6.07 Å². The van der Waals surface area contributed by atoms with E-state index in [4.69, 9.17) is 0 Å². The fraction of sp³-hybridized carbons (Fsp3) is 0.200. The van der Waals surface area contributed by atoms with Crippen LogP contribution in [-0.4, -0.2) is 14.7 Å². The van der Waals surface area contributed by atoms with E-state index in [2.05, 4.69) is 40.3 Å². The number of hydrogen-bond donors (Lipinski definition) is 1. The van der Waals surface area contributed by atoms with Crippen LogP contribution in [0.25, 0.3) is 0 Å². The molecule has 0 bridgehead atoms. The van der Waals surface area contributed by atoms with Crippen molar-refractivity contribution in [3.63, 3.8) is 0 Å². The van der Waals surface area contributed by atoms with Crippen LogP contribution in [0.4, 0.5) is 5.69 Å². The van der Waals surface area contributed by atoms with Gasteiger partial charge in [-0.3, -0.25) is 0 Å². The van der Waals surface area contributed by atoms with Gasteiger partial charge in [0.1, 0.15) is 0 Å². The average molecular weight is 354 g/mol. The lowest BCUT2D eigenvalue weighted by atomic mass is 10.1. The zero-order chi connectivity index (χ0) is 14.8. The van der Waals surface area contributed by atoms with Crippen molar-refractivity contribution in [3.05, 3.63) is 58.1 Å². The third-order valence-corrected chi connectivity index (χ3v) is 5.02. The molecule has 0 saturated carbocycles. The minimum Gasteiger partial charge on any atom is -0.381 e. The Labute approximate surface area is 128 Å². The van der Waals surface area contributed by atoms with Crippen LogP contribution in [0, 0.1) is 6.92 Å².